The molecule has 0 aliphatic heterocycles. The van der Waals surface area contributed by atoms with E-state index in [1.165, 1.54) is 0 Å². The van der Waals surface area contributed by atoms with Crippen molar-refractivity contribution in [1.29, 1.82) is 0 Å². The van der Waals surface area contributed by atoms with Crippen molar-refractivity contribution >= 4 is 46.9 Å². The summed E-state index contributed by atoms with van der Waals surface area (Å²) in [4.78, 5) is 43.7. The third-order valence-corrected chi connectivity index (χ3v) is 2.70. The van der Waals surface area contributed by atoms with Gasteiger partial charge in [0.1, 0.15) is 12.1 Å². The fraction of sp³-hybridized carbons (Fsp3) is 0.692. The summed E-state index contributed by atoms with van der Waals surface area (Å²) in [6, 6.07) is 0. The molecule has 1 unspecified atom stereocenters. The van der Waals surface area contributed by atoms with Gasteiger partial charge < -0.3 is 44.0 Å². The second-order valence-electron chi connectivity index (χ2n) is 6.21. The van der Waals surface area contributed by atoms with E-state index in [1.54, 1.807) is 21.1 Å². The van der Waals surface area contributed by atoms with Gasteiger partial charge in [-0.05, 0) is 0 Å². The van der Waals surface area contributed by atoms with Crippen LogP contribution in [0.5, 0.6) is 0 Å². The number of carboxylic acids is 3. The summed E-state index contributed by atoms with van der Waals surface area (Å²) >= 11 is 0. The molecule has 0 saturated carbocycles. The third kappa shape index (κ3) is 10.4. The predicted octanol–water partition coefficient (Wildman–Crippen LogP) is -5.63. The fourth-order valence-electron chi connectivity index (χ4n) is 1.85. The SMILES string of the molecule is C[N+](C)(C)C[C@H](CC(=O)[O-])OC(=O)CC(O)(CC(=O)[O-])C(=O)[O-].[Mg+2]. The van der Waals surface area contributed by atoms with Crippen LogP contribution in [0.15, 0.2) is 0 Å². The first kappa shape index (κ1) is 24.8. The smallest absolute Gasteiger partial charge is 0.550 e. The van der Waals surface area contributed by atoms with Gasteiger partial charge in [0.15, 0.2) is 6.10 Å². The van der Waals surface area contributed by atoms with Gasteiger partial charge in [-0.25, -0.2) is 0 Å². The van der Waals surface area contributed by atoms with Gasteiger partial charge in [0.2, 0.25) is 0 Å². The average molecular weight is 358 g/mol. The predicted molar refractivity (Wildman–Crippen MR) is 72.4 cm³/mol. The van der Waals surface area contributed by atoms with Crippen LogP contribution < -0.4 is 15.3 Å². The first-order valence-electron chi connectivity index (χ1n) is 6.58. The number of ether oxygens (including phenoxy) is 1. The first-order valence-corrected chi connectivity index (χ1v) is 6.58. The van der Waals surface area contributed by atoms with Crippen LogP contribution in [-0.4, -0.2) is 95.9 Å². The molecule has 0 bridgehead atoms. The molecule has 0 aliphatic carbocycles. The van der Waals surface area contributed by atoms with Crippen LogP contribution in [0, 0.1) is 0 Å². The maximum atomic E-state index is 11.7. The van der Waals surface area contributed by atoms with Gasteiger partial charge in [-0.15, -0.1) is 0 Å². The topological polar surface area (TPSA) is 167 Å². The molecule has 0 aromatic carbocycles. The van der Waals surface area contributed by atoms with Crippen molar-refractivity contribution in [3.05, 3.63) is 0 Å². The zero-order valence-electron chi connectivity index (χ0n) is 13.8. The summed E-state index contributed by atoms with van der Waals surface area (Å²) in [6.45, 7) is 0.0734. The van der Waals surface area contributed by atoms with E-state index in [0.29, 0.717) is 0 Å². The Kier molecular flexibility index (Phi) is 10.1. The Bertz CT molecular complexity index is 488. The summed E-state index contributed by atoms with van der Waals surface area (Å²) in [7, 11) is 5.09. The molecule has 0 saturated heterocycles. The number of carboxylic acid groups (broad SMARTS) is 3. The summed E-state index contributed by atoms with van der Waals surface area (Å²) in [5, 5.41) is 41.6. The number of nitrogens with zero attached hydrogens (tertiary/aromatic N) is 1. The number of carbonyl (C=O) groups is 4. The molecule has 0 aromatic rings. The number of rotatable bonds is 10. The molecule has 2 atom stereocenters. The van der Waals surface area contributed by atoms with Gasteiger partial charge in [-0.3, -0.25) is 4.79 Å². The van der Waals surface area contributed by atoms with Gasteiger partial charge in [0.05, 0.1) is 33.5 Å². The number of hydrogen-bond acceptors (Lipinski definition) is 9. The molecule has 1 N–H and O–H groups in total. The Hall–Kier alpha value is -1.43. The van der Waals surface area contributed by atoms with Gasteiger partial charge in [0.25, 0.3) is 0 Å². The molecular weight excluding hydrogens is 338 g/mol. The minimum atomic E-state index is -3.00. The van der Waals surface area contributed by atoms with E-state index in [4.69, 9.17) is 4.74 Å². The van der Waals surface area contributed by atoms with Gasteiger partial charge in [-0.2, -0.15) is 0 Å². The van der Waals surface area contributed by atoms with E-state index in [2.05, 4.69) is 0 Å². The number of aliphatic hydroxyl groups is 1. The molecule has 24 heavy (non-hydrogen) atoms. The van der Waals surface area contributed by atoms with E-state index in [0.717, 1.165) is 0 Å². The van der Waals surface area contributed by atoms with Gasteiger partial charge in [0, 0.05) is 24.8 Å². The number of aliphatic carboxylic acids is 3. The molecule has 0 aliphatic rings. The zero-order chi connectivity index (χ0) is 18.4. The van der Waals surface area contributed by atoms with E-state index < -0.39 is 54.8 Å². The van der Waals surface area contributed by atoms with Crippen LogP contribution in [0.25, 0.3) is 0 Å². The van der Waals surface area contributed by atoms with Crippen molar-refractivity contribution in [2.45, 2.75) is 31.0 Å². The molecular formula is C13H19MgNO9. The fourth-order valence-corrected chi connectivity index (χ4v) is 1.85. The van der Waals surface area contributed by atoms with Crippen molar-refractivity contribution in [2.24, 2.45) is 0 Å². The molecule has 10 nitrogen and oxygen atoms in total. The zero-order valence-corrected chi connectivity index (χ0v) is 15.2. The normalized spacial score (nSPS) is 14.7. The molecule has 0 amide bonds. The monoisotopic (exact) mass is 357 g/mol. The van der Waals surface area contributed by atoms with Gasteiger partial charge in [-0.1, -0.05) is 0 Å². The molecule has 0 aromatic heterocycles. The number of esters is 1. The summed E-state index contributed by atoms with van der Waals surface area (Å²) in [6.07, 6.45) is -4.36. The minimum absolute atomic E-state index is 0. The van der Waals surface area contributed by atoms with Crippen molar-refractivity contribution < 1.29 is 48.8 Å². The maximum Gasteiger partial charge on any atom is 2.00 e. The number of likely N-dealkylation sites (N-methyl/N-ethyl adjacent to an activating group) is 1. The number of hydrogen-bond donors (Lipinski definition) is 1. The van der Waals surface area contributed by atoms with Gasteiger partial charge >= 0.3 is 29.0 Å². The van der Waals surface area contributed by atoms with Crippen LogP contribution in [-0.2, 0) is 23.9 Å². The first-order chi connectivity index (χ1) is 10.2. The Morgan fingerprint density at radius 1 is 1.04 bits per heavy atom. The summed E-state index contributed by atoms with van der Waals surface area (Å²) in [5.74, 6) is -6.84. The van der Waals surface area contributed by atoms with E-state index in [-0.39, 0.29) is 34.1 Å². The quantitative estimate of drug-likeness (QED) is 0.227. The Morgan fingerprint density at radius 3 is 1.88 bits per heavy atom. The minimum Gasteiger partial charge on any atom is -0.550 e. The molecule has 11 heteroatoms. The van der Waals surface area contributed by atoms with E-state index in [9.17, 15) is 39.6 Å². The molecule has 0 fully saturated rings. The number of carbonyl (C=O) groups excluding carboxylic acids is 4. The maximum absolute atomic E-state index is 11.7. The Balaban J connectivity index is 0. The Labute approximate surface area is 154 Å². The molecule has 0 radical (unpaired) electrons. The van der Waals surface area contributed by atoms with E-state index in [1.807, 2.05) is 0 Å². The van der Waals surface area contributed by atoms with Crippen molar-refractivity contribution in [3.8, 4) is 0 Å². The van der Waals surface area contributed by atoms with Crippen LogP contribution in [0.2, 0.25) is 0 Å². The van der Waals surface area contributed by atoms with E-state index >= 15 is 0 Å². The summed E-state index contributed by atoms with van der Waals surface area (Å²) in [5.41, 5.74) is -3.00. The average Bonchev–Trinajstić information content (AvgIpc) is 2.22. The standard InChI is InChI=1S/C13H21NO9.Mg/c1-14(2,3)7-8(4-9(15)16)23-11(19)6-13(22,12(20)21)5-10(17)18;/h8,22H,4-7H2,1-3H3,(H2-,15,16,17,18,20,21);/q;+2/p-2/t8-,13?;/m0./s1. The summed E-state index contributed by atoms with van der Waals surface area (Å²) < 4.78 is 5.06. The van der Waals surface area contributed by atoms with Crippen LogP contribution >= 0.6 is 0 Å². The van der Waals surface area contributed by atoms with Crippen LogP contribution in [0.4, 0.5) is 0 Å². The second kappa shape index (κ2) is 9.76. The molecule has 0 heterocycles. The molecule has 0 rings (SSSR count). The number of quaternary nitrogens is 1. The third-order valence-electron chi connectivity index (χ3n) is 2.70. The molecule has 0 spiro atoms. The van der Waals surface area contributed by atoms with Crippen molar-refractivity contribution in [2.75, 3.05) is 27.7 Å². The van der Waals surface area contributed by atoms with Crippen LogP contribution in [0.3, 0.4) is 0 Å². The van der Waals surface area contributed by atoms with Crippen molar-refractivity contribution in [1.82, 2.24) is 0 Å². The largest absolute Gasteiger partial charge is 2.00 e. The van der Waals surface area contributed by atoms with Crippen LogP contribution in [0.1, 0.15) is 19.3 Å². The molecule has 132 valence electrons. The Morgan fingerprint density at radius 2 is 1.54 bits per heavy atom. The van der Waals surface area contributed by atoms with Crippen molar-refractivity contribution in [3.63, 3.8) is 0 Å². The second-order valence-corrected chi connectivity index (χ2v) is 6.21.